The first kappa shape index (κ1) is 15.3. The zero-order valence-electron chi connectivity index (χ0n) is 13.7. The van der Waals surface area contributed by atoms with Crippen molar-refractivity contribution in [3.05, 3.63) is 23.9 Å². The van der Waals surface area contributed by atoms with Crippen molar-refractivity contribution in [2.24, 2.45) is 0 Å². The lowest BCUT2D eigenvalue weighted by Gasteiger charge is -2.30. The fourth-order valence-corrected chi connectivity index (χ4v) is 3.44. The van der Waals surface area contributed by atoms with Crippen molar-refractivity contribution in [1.82, 2.24) is 15.5 Å². The van der Waals surface area contributed by atoms with Crippen molar-refractivity contribution in [3.63, 3.8) is 0 Å². The third-order valence-corrected chi connectivity index (χ3v) is 4.70. The van der Waals surface area contributed by atoms with E-state index in [0.717, 1.165) is 37.1 Å². The van der Waals surface area contributed by atoms with Crippen LogP contribution >= 0.6 is 0 Å². The Morgan fingerprint density at radius 1 is 1.23 bits per heavy atom. The molecule has 0 radical (unpaired) electrons. The van der Waals surface area contributed by atoms with Crippen LogP contribution in [0.1, 0.15) is 51.5 Å². The number of H-pyrrole nitrogens is 1. The van der Waals surface area contributed by atoms with Gasteiger partial charge in [0.1, 0.15) is 5.75 Å². The van der Waals surface area contributed by atoms with E-state index in [2.05, 4.69) is 41.5 Å². The maximum absolute atomic E-state index is 6.34. The summed E-state index contributed by atoms with van der Waals surface area (Å²) in [7, 11) is 0. The quantitative estimate of drug-likeness (QED) is 0.853. The molecular weight excluding hydrogens is 274 g/mol. The van der Waals surface area contributed by atoms with Gasteiger partial charge in [0.05, 0.1) is 17.8 Å². The van der Waals surface area contributed by atoms with Gasteiger partial charge in [0.25, 0.3) is 0 Å². The second-order valence-corrected chi connectivity index (χ2v) is 6.27. The summed E-state index contributed by atoms with van der Waals surface area (Å²) in [6.45, 7) is 5.54. The molecule has 1 fully saturated rings. The zero-order chi connectivity index (χ0) is 15.4. The van der Waals surface area contributed by atoms with Crippen molar-refractivity contribution < 1.29 is 4.74 Å². The van der Waals surface area contributed by atoms with Crippen molar-refractivity contribution in [1.29, 1.82) is 0 Å². The maximum Gasteiger partial charge on any atom is 0.123 e. The van der Waals surface area contributed by atoms with Crippen molar-refractivity contribution in [2.45, 2.75) is 64.5 Å². The van der Waals surface area contributed by atoms with Crippen LogP contribution in [0.25, 0.3) is 10.9 Å². The number of aromatic amines is 1. The van der Waals surface area contributed by atoms with Crippen LogP contribution in [0.3, 0.4) is 0 Å². The number of nitrogens with zero attached hydrogens (tertiary/aromatic N) is 1. The SMILES string of the molecule is CCCNC1CCC(Oc2ccc3[nH]ncc3c2CC)CC1. The highest BCUT2D eigenvalue weighted by molar-refractivity contribution is 5.84. The predicted octanol–water partition coefficient (Wildman–Crippen LogP) is 3.81. The summed E-state index contributed by atoms with van der Waals surface area (Å²) in [5, 5.41) is 12.0. The Morgan fingerprint density at radius 2 is 2.05 bits per heavy atom. The van der Waals surface area contributed by atoms with Crippen LogP contribution < -0.4 is 10.1 Å². The molecule has 4 heteroatoms. The van der Waals surface area contributed by atoms with Crippen LogP contribution in [-0.2, 0) is 6.42 Å². The van der Waals surface area contributed by atoms with E-state index in [0.29, 0.717) is 12.1 Å². The summed E-state index contributed by atoms with van der Waals surface area (Å²) in [6, 6.07) is 4.85. The predicted molar refractivity (Wildman–Crippen MR) is 90.4 cm³/mol. The van der Waals surface area contributed by atoms with Crippen LogP contribution in [-0.4, -0.2) is 28.9 Å². The summed E-state index contributed by atoms with van der Waals surface area (Å²) >= 11 is 0. The molecule has 1 heterocycles. The van der Waals surface area contributed by atoms with Gasteiger partial charge in [-0.3, -0.25) is 5.10 Å². The minimum atomic E-state index is 0.356. The van der Waals surface area contributed by atoms with Crippen LogP contribution in [0.15, 0.2) is 18.3 Å². The maximum atomic E-state index is 6.34. The fraction of sp³-hybridized carbons (Fsp3) is 0.611. The molecule has 120 valence electrons. The van der Waals surface area contributed by atoms with Gasteiger partial charge in [0.2, 0.25) is 0 Å². The molecule has 22 heavy (non-hydrogen) atoms. The molecule has 0 saturated heterocycles. The Bertz CT molecular complexity index is 599. The number of aromatic nitrogens is 2. The van der Waals surface area contributed by atoms with Gasteiger partial charge in [0.15, 0.2) is 0 Å². The molecule has 0 amide bonds. The largest absolute Gasteiger partial charge is 0.490 e. The Labute approximate surface area is 132 Å². The number of ether oxygens (including phenoxy) is 1. The Balaban J connectivity index is 1.64. The fourth-order valence-electron chi connectivity index (χ4n) is 3.44. The summed E-state index contributed by atoms with van der Waals surface area (Å²) in [5.74, 6) is 1.04. The van der Waals surface area contributed by atoms with Crippen LogP contribution in [0.5, 0.6) is 5.75 Å². The van der Waals surface area contributed by atoms with E-state index in [9.17, 15) is 0 Å². The molecule has 0 spiro atoms. The highest BCUT2D eigenvalue weighted by atomic mass is 16.5. The third kappa shape index (κ3) is 3.27. The topological polar surface area (TPSA) is 49.9 Å². The smallest absolute Gasteiger partial charge is 0.123 e. The molecule has 0 unspecified atom stereocenters. The number of rotatable bonds is 6. The van der Waals surface area contributed by atoms with Gasteiger partial charge in [0, 0.05) is 17.0 Å². The first-order chi connectivity index (χ1) is 10.8. The minimum Gasteiger partial charge on any atom is -0.490 e. The lowest BCUT2D eigenvalue weighted by atomic mass is 9.92. The average molecular weight is 301 g/mol. The molecule has 1 saturated carbocycles. The Morgan fingerprint density at radius 3 is 2.77 bits per heavy atom. The highest BCUT2D eigenvalue weighted by Crippen LogP contribution is 2.31. The average Bonchev–Trinajstić information content (AvgIpc) is 3.02. The second kappa shape index (κ2) is 7.14. The minimum absolute atomic E-state index is 0.356. The molecule has 2 aromatic rings. The van der Waals surface area contributed by atoms with E-state index in [1.54, 1.807) is 0 Å². The van der Waals surface area contributed by atoms with Gasteiger partial charge in [-0.1, -0.05) is 13.8 Å². The van der Waals surface area contributed by atoms with E-state index >= 15 is 0 Å². The molecule has 3 rings (SSSR count). The molecule has 0 atom stereocenters. The normalized spacial score (nSPS) is 22.1. The zero-order valence-corrected chi connectivity index (χ0v) is 13.7. The lowest BCUT2D eigenvalue weighted by Crippen LogP contribution is -2.36. The summed E-state index contributed by atoms with van der Waals surface area (Å²) < 4.78 is 6.34. The molecule has 1 aliphatic rings. The van der Waals surface area contributed by atoms with Gasteiger partial charge < -0.3 is 10.1 Å². The molecule has 2 N–H and O–H groups in total. The molecule has 1 aromatic carbocycles. The number of benzene rings is 1. The first-order valence-electron chi connectivity index (χ1n) is 8.66. The number of hydrogen-bond acceptors (Lipinski definition) is 3. The van der Waals surface area contributed by atoms with Crippen LogP contribution in [0, 0.1) is 0 Å². The third-order valence-electron chi connectivity index (χ3n) is 4.70. The molecule has 1 aliphatic carbocycles. The molecule has 1 aromatic heterocycles. The number of fused-ring (bicyclic) bond motifs is 1. The number of hydrogen-bond donors (Lipinski definition) is 2. The van der Waals surface area contributed by atoms with Crippen LogP contribution in [0.4, 0.5) is 0 Å². The highest BCUT2D eigenvalue weighted by Gasteiger charge is 2.22. The van der Waals surface area contributed by atoms with E-state index < -0.39 is 0 Å². The van der Waals surface area contributed by atoms with Crippen molar-refractivity contribution in [2.75, 3.05) is 6.54 Å². The summed E-state index contributed by atoms with van der Waals surface area (Å²) in [5.41, 5.74) is 2.37. The number of aryl methyl sites for hydroxylation is 1. The molecule has 4 nitrogen and oxygen atoms in total. The molecule has 0 bridgehead atoms. The summed E-state index contributed by atoms with van der Waals surface area (Å²) in [4.78, 5) is 0. The van der Waals surface area contributed by atoms with E-state index in [-0.39, 0.29) is 0 Å². The van der Waals surface area contributed by atoms with Crippen LogP contribution in [0.2, 0.25) is 0 Å². The standard InChI is InChI=1S/C18H27N3O/c1-3-11-19-13-5-7-14(8-6-13)22-18-10-9-17-16(12-20-21-17)15(18)4-2/h9-10,12-14,19H,3-8,11H2,1-2H3,(H,20,21). The van der Waals surface area contributed by atoms with Gasteiger partial charge in [-0.15, -0.1) is 0 Å². The van der Waals surface area contributed by atoms with Crippen molar-refractivity contribution >= 4 is 10.9 Å². The van der Waals surface area contributed by atoms with E-state index in [1.165, 1.54) is 30.2 Å². The molecule has 0 aliphatic heterocycles. The summed E-state index contributed by atoms with van der Waals surface area (Å²) in [6.07, 6.45) is 9.18. The lowest BCUT2D eigenvalue weighted by molar-refractivity contribution is 0.139. The van der Waals surface area contributed by atoms with Gasteiger partial charge in [-0.25, -0.2) is 0 Å². The van der Waals surface area contributed by atoms with Gasteiger partial charge in [-0.2, -0.15) is 5.10 Å². The monoisotopic (exact) mass is 301 g/mol. The Kier molecular flexibility index (Phi) is 4.98. The molecular formula is C18H27N3O. The number of nitrogens with one attached hydrogen (secondary N) is 2. The van der Waals surface area contributed by atoms with Gasteiger partial charge in [-0.05, 0) is 57.2 Å². The Hall–Kier alpha value is -1.55. The van der Waals surface area contributed by atoms with E-state index in [4.69, 9.17) is 4.74 Å². The first-order valence-corrected chi connectivity index (χ1v) is 8.66. The van der Waals surface area contributed by atoms with Crippen molar-refractivity contribution in [3.8, 4) is 5.75 Å². The second-order valence-electron chi connectivity index (χ2n) is 6.27. The van der Waals surface area contributed by atoms with Gasteiger partial charge >= 0.3 is 0 Å². The van der Waals surface area contributed by atoms with E-state index in [1.807, 2.05) is 6.20 Å².